The lowest BCUT2D eigenvalue weighted by Gasteiger charge is -2.09. The van der Waals surface area contributed by atoms with Crippen molar-refractivity contribution in [2.45, 2.75) is 6.92 Å². The molecule has 132 valence electrons. The van der Waals surface area contributed by atoms with Crippen LogP contribution in [-0.2, 0) is 4.79 Å². The summed E-state index contributed by atoms with van der Waals surface area (Å²) in [5, 5.41) is 2.83. The topological polar surface area (TPSA) is 47.6 Å². The molecule has 0 atom stereocenters. The third-order valence-electron chi connectivity index (χ3n) is 3.78. The lowest BCUT2D eigenvalue weighted by atomic mass is 10.1. The molecule has 0 fully saturated rings. The summed E-state index contributed by atoms with van der Waals surface area (Å²) in [6, 6.07) is 25.0. The molecule has 0 unspecified atom stereocenters. The fourth-order valence-electron chi connectivity index (χ4n) is 2.52. The predicted octanol–water partition coefficient (Wildman–Crippen LogP) is 4.77. The molecule has 0 saturated carbocycles. The van der Waals surface area contributed by atoms with E-state index in [4.69, 9.17) is 9.47 Å². The quantitative estimate of drug-likeness (QED) is 0.670. The van der Waals surface area contributed by atoms with E-state index in [0.29, 0.717) is 12.4 Å². The van der Waals surface area contributed by atoms with Gasteiger partial charge in [-0.15, -0.1) is 0 Å². The van der Waals surface area contributed by atoms with Crippen LogP contribution in [0.2, 0.25) is 0 Å². The Morgan fingerprint density at radius 1 is 0.769 bits per heavy atom. The van der Waals surface area contributed by atoms with Crippen molar-refractivity contribution in [1.29, 1.82) is 0 Å². The van der Waals surface area contributed by atoms with Gasteiger partial charge in [-0.1, -0.05) is 42.5 Å². The summed E-state index contributed by atoms with van der Waals surface area (Å²) in [6.45, 7) is 2.50. The molecule has 3 aromatic carbocycles. The zero-order valence-electron chi connectivity index (χ0n) is 14.6. The first-order chi connectivity index (χ1) is 12.7. The fraction of sp³-hybridized carbons (Fsp3) is 0.136. The zero-order valence-corrected chi connectivity index (χ0v) is 14.6. The Kier molecular flexibility index (Phi) is 5.88. The minimum absolute atomic E-state index is 0.0472. The van der Waals surface area contributed by atoms with Gasteiger partial charge < -0.3 is 14.8 Å². The number of carbonyl (C=O) groups is 1. The summed E-state index contributed by atoms with van der Waals surface area (Å²) in [6.07, 6.45) is 0. The molecule has 0 aliphatic carbocycles. The van der Waals surface area contributed by atoms with E-state index < -0.39 is 0 Å². The van der Waals surface area contributed by atoms with Gasteiger partial charge >= 0.3 is 0 Å². The largest absolute Gasteiger partial charge is 0.494 e. The number of anilines is 1. The van der Waals surface area contributed by atoms with Crippen molar-refractivity contribution in [3.63, 3.8) is 0 Å². The standard InChI is InChI=1S/C22H21NO3/c1-2-25-20-12-14-21(15-13-20)26-16-22(24)23-19-10-8-18(9-11-19)17-6-4-3-5-7-17/h3-15H,2,16H2,1H3,(H,23,24). The van der Waals surface area contributed by atoms with Gasteiger partial charge in [0.25, 0.3) is 5.91 Å². The molecule has 26 heavy (non-hydrogen) atoms. The number of amides is 1. The highest BCUT2D eigenvalue weighted by Gasteiger charge is 2.05. The van der Waals surface area contributed by atoms with Crippen LogP contribution in [0.15, 0.2) is 78.9 Å². The van der Waals surface area contributed by atoms with E-state index in [9.17, 15) is 4.79 Å². The lowest BCUT2D eigenvalue weighted by Crippen LogP contribution is -2.20. The molecule has 1 amide bonds. The minimum Gasteiger partial charge on any atom is -0.494 e. The zero-order chi connectivity index (χ0) is 18.2. The summed E-state index contributed by atoms with van der Waals surface area (Å²) in [5.41, 5.74) is 2.99. The molecule has 0 spiro atoms. The first kappa shape index (κ1) is 17.5. The molecule has 0 heterocycles. The van der Waals surface area contributed by atoms with E-state index in [1.54, 1.807) is 12.1 Å². The Morgan fingerprint density at radius 2 is 1.35 bits per heavy atom. The Morgan fingerprint density at radius 3 is 1.96 bits per heavy atom. The van der Waals surface area contributed by atoms with Crippen molar-refractivity contribution in [2.24, 2.45) is 0 Å². The second-order valence-corrected chi connectivity index (χ2v) is 5.68. The van der Waals surface area contributed by atoms with E-state index in [1.807, 2.05) is 61.5 Å². The lowest BCUT2D eigenvalue weighted by molar-refractivity contribution is -0.118. The smallest absolute Gasteiger partial charge is 0.262 e. The van der Waals surface area contributed by atoms with Gasteiger partial charge in [0.2, 0.25) is 0 Å². The van der Waals surface area contributed by atoms with E-state index >= 15 is 0 Å². The molecule has 0 aliphatic heterocycles. The molecule has 0 aromatic heterocycles. The maximum atomic E-state index is 12.0. The summed E-state index contributed by atoms with van der Waals surface area (Å²) in [4.78, 5) is 12.0. The molecular formula is C22H21NO3. The number of benzene rings is 3. The minimum atomic E-state index is -0.202. The summed E-state index contributed by atoms with van der Waals surface area (Å²) >= 11 is 0. The SMILES string of the molecule is CCOc1ccc(OCC(=O)Nc2ccc(-c3ccccc3)cc2)cc1. The second kappa shape index (κ2) is 8.72. The first-order valence-corrected chi connectivity index (χ1v) is 8.55. The van der Waals surface area contributed by atoms with Gasteiger partial charge in [-0.05, 0) is 54.4 Å². The maximum absolute atomic E-state index is 12.0. The molecule has 4 heteroatoms. The van der Waals surface area contributed by atoms with Gasteiger partial charge in [0.05, 0.1) is 6.61 Å². The molecule has 0 radical (unpaired) electrons. The highest BCUT2D eigenvalue weighted by molar-refractivity contribution is 5.92. The van der Waals surface area contributed by atoms with Crippen molar-refractivity contribution >= 4 is 11.6 Å². The van der Waals surface area contributed by atoms with Crippen LogP contribution in [-0.4, -0.2) is 19.1 Å². The van der Waals surface area contributed by atoms with Crippen LogP contribution in [0.4, 0.5) is 5.69 Å². The number of nitrogens with one attached hydrogen (secondary N) is 1. The first-order valence-electron chi connectivity index (χ1n) is 8.55. The Hall–Kier alpha value is -3.27. The van der Waals surface area contributed by atoms with Crippen molar-refractivity contribution in [3.05, 3.63) is 78.9 Å². The van der Waals surface area contributed by atoms with E-state index in [0.717, 1.165) is 22.6 Å². The molecule has 0 bridgehead atoms. The molecule has 0 aliphatic rings. The van der Waals surface area contributed by atoms with Crippen LogP contribution in [0.25, 0.3) is 11.1 Å². The third-order valence-corrected chi connectivity index (χ3v) is 3.78. The van der Waals surface area contributed by atoms with Crippen molar-refractivity contribution in [1.82, 2.24) is 0 Å². The van der Waals surface area contributed by atoms with E-state index in [-0.39, 0.29) is 12.5 Å². The van der Waals surface area contributed by atoms with Gasteiger partial charge in [0.15, 0.2) is 6.61 Å². The number of ether oxygens (including phenoxy) is 2. The Bertz CT molecular complexity index is 828. The summed E-state index contributed by atoms with van der Waals surface area (Å²) in [7, 11) is 0. The number of hydrogen-bond donors (Lipinski definition) is 1. The van der Waals surface area contributed by atoms with Crippen LogP contribution < -0.4 is 14.8 Å². The van der Waals surface area contributed by atoms with Crippen molar-refractivity contribution < 1.29 is 14.3 Å². The monoisotopic (exact) mass is 347 g/mol. The van der Waals surface area contributed by atoms with Gasteiger partial charge in [0, 0.05) is 5.69 Å². The normalized spacial score (nSPS) is 10.2. The molecule has 3 aromatic rings. The number of carbonyl (C=O) groups excluding carboxylic acids is 1. The highest BCUT2D eigenvalue weighted by atomic mass is 16.5. The molecule has 3 rings (SSSR count). The Balaban J connectivity index is 1.51. The second-order valence-electron chi connectivity index (χ2n) is 5.68. The van der Waals surface area contributed by atoms with E-state index in [1.165, 1.54) is 0 Å². The molecule has 4 nitrogen and oxygen atoms in total. The number of hydrogen-bond acceptors (Lipinski definition) is 3. The highest BCUT2D eigenvalue weighted by Crippen LogP contribution is 2.21. The fourth-order valence-corrected chi connectivity index (χ4v) is 2.52. The Labute approximate surface area is 153 Å². The average Bonchev–Trinajstić information content (AvgIpc) is 2.69. The van der Waals surface area contributed by atoms with Crippen LogP contribution in [0.1, 0.15) is 6.92 Å². The third kappa shape index (κ3) is 4.86. The van der Waals surface area contributed by atoms with Crippen molar-refractivity contribution in [2.75, 3.05) is 18.5 Å². The molecular weight excluding hydrogens is 326 g/mol. The predicted molar refractivity (Wildman–Crippen MR) is 104 cm³/mol. The van der Waals surface area contributed by atoms with Crippen LogP contribution in [0.5, 0.6) is 11.5 Å². The molecule has 0 saturated heterocycles. The van der Waals surface area contributed by atoms with Gasteiger partial charge in [-0.25, -0.2) is 0 Å². The summed E-state index contributed by atoms with van der Waals surface area (Å²) < 4.78 is 10.9. The van der Waals surface area contributed by atoms with Crippen LogP contribution >= 0.6 is 0 Å². The van der Waals surface area contributed by atoms with Crippen molar-refractivity contribution in [3.8, 4) is 22.6 Å². The average molecular weight is 347 g/mol. The van der Waals surface area contributed by atoms with Crippen LogP contribution in [0, 0.1) is 0 Å². The van der Waals surface area contributed by atoms with Gasteiger partial charge in [0.1, 0.15) is 11.5 Å². The number of rotatable bonds is 7. The van der Waals surface area contributed by atoms with Gasteiger partial charge in [-0.2, -0.15) is 0 Å². The van der Waals surface area contributed by atoms with Gasteiger partial charge in [-0.3, -0.25) is 4.79 Å². The molecule has 1 N–H and O–H groups in total. The maximum Gasteiger partial charge on any atom is 0.262 e. The summed E-state index contributed by atoms with van der Waals surface area (Å²) in [5.74, 6) is 1.21. The van der Waals surface area contributed by atoms with E-state index in [2.05, 4.69) is 17.4 Å². The van der Waals surface area contributed by atoms with Crippen LogP contribution in [0.3, 0.4) is 0 Å².